The molecule has 25 heavy (non-hydrogen) atoms. The zero-order valence-corrected chi connectivity index (χ0v) is 16.5. The number of benzene rings is 1. The van der Waals surface area contributed by atoms with Crippen molar-refractivity contribution >= 4 is 27.7 Å². The Hall–Kier alpha value is -1.66. The largest absolute Gasteiger partial charge is 0.366 e. The van der Waals surface area contributed by atoms with Gasteiger partial charge in [0.25, 0.3) is 0 Å². The van der Waals surface area contributed by atoms with Crippen molar-refractivity contribution in [1.29, 1.82) is 0 Å². The maximum Gasteiger partial charge on any atom is 0.224 e. The van der Waals surface area contributed by atoms with Crippen LogP contribution in [-0.4, -0.2) is 42.1 Å². The summed E-state index contributed by atoms with van der Waals surface area (Å²) < 4.78 is 1.11. The van der Waals surface area contributed by atoms with Crippen LogP contribution in [0.2, 0.25) is 0 Å². The molecule has 0 spiro atoms. The van der Waals surface area contributed by atoms with Gasteiger partial charge < -0.3 is 15.5 Å². The van der Waals surface area contributed by atoms with Crippen LogP contribution in [0.1, 0.15) is 36.4 Å². The van der Waals surface area contributed by atoms with Gasteiger partial charge in [0.1, 0.15) is 5.82 Å². The van der Waals surface area contributed by atoms with E-state index in [0.29, 0.717) is 5.92 Å². The molecule has 0 unspecified atom stereocenters. The number of nitrogens with zero attached hydrogens (tertiary/aromatic N) is 3. The number of rotatable bonds is 9. The van der Waals surface area contributed by atoms with Crippen LogP contribution in [0.3, 0.4) is 0 Å². The molecule has 0 radical (unpaired) electrons. The van der Waals surface area contributed by atoms with E-state index < -0.39 is 0 Å². The standard InChI is InChI=1S/C19H26BrN5/c1-25(2)11-5-10-21-19-23-17(14-8-9-14)12-18(24-19)22-13-15-6-3-4-7-16(15)20/h3-4,6-7,12,14H,5,8-11,13H2,1-2H3,(H2,21,22,23,24). The van der Waals surface area contributed by atoms with E-state index in [-0.39, 0.29) is 0 Å². The third kappa shape index (κ3) is 5.68. The average Bonchev–Trinajstić information content (AvgIpc) is 3.43. The second kappa shape index (κ2) is 8.63. The van der Waals surface area contributed by atoms with Gasteiger partial charge in [0.2, 0.25) is 5.95 Å². The van der Waals surface area contributed by atoms with Crippen LogP contribution in [-0.2, 0) is 6.54 Å². The van der Waals surface area contributed by atoms with Gasteiger partial charge in [0.05, 0.1) is 5.69 Å². The van der Waals surface area contributed by atoms with Crippen molar-refractivity contribution in [2.24, 2.45) is 0 Å². The molecule has 0 aliphatic heterocycles. The zero-order chi connectivity index (χ0) is 17.6. The lowest BCUT2D eigenvalue weighted by molar-refractivity contribution is 0.405. The molecule has 2 aromatic rings. The Kier molecular flexibility index (Phi) is 6.26. The van der Waals surface area contributed by atoms with Gasteiger partial charge >= 0.3 is 0 Å². The first kappa shape index (κ1) is 18.1. The maximum absolute atomic E-state index is 4.70. The van der Waals surface area contributed by atoms with E-state index in [1.165, 1.54) is 18.4 Å². The first-order chi connectivity index (χ1) is 12.1. The van der Waals surface area contributed by atoms with Gasteiger partial charge in [-0.15, -0.1) is 0 Å². The number of hydrogen-bond acceptors (Lipinski definition) is 5. The summed E-state index contributed by atoms with van der Waals surface area (Å²) >= 11 is 3.60. The number of nitrogens with one attached hydrogen (secondary N) is 2. The van der Waals surface area contributed by atoms with Crippen molar-refractivity contribution in [3.63, 3.8) is 0 Å². The number of anilines is 2. The Morgan fingerprint density at radius 2 is 1.96 bits per heavy atom. The molecule has 1 saturated carbocycles. The molecule has 1 heterocycles. The van der Waals surface area contributed by atoms with E-state index in [1.807, 2.05) is 6.07 Å². The molecule has 0 saturated heterocycles. The minimum absolute atomic E-state index is 0.606. The molecular weight excluding hydrogens is 378 g/mol. The van der Waals surface area contributed by atoms with E-state index in [1.54, 1.807) is 0 Å². The lowest BCUT2D eigenvalue weighted by Gasteiger charge is -2.13. The quantitative estimate of drug-likeness (QED) is 0.617. The average molecular weight is 404 g/mol. The molecule has 0 amide bonds. The summed E-state index contributed by atoms with van der Waals surface area (Å²) in [4.78, 5) is 11.5. The Balaban J connectivity index is 1.64. The van der Waals surface area contributed by atoms with Crippen LogP contribution >= 0.6 is 15.9 Å². The molecule has 1 aromatic heterocycles. The van der Waals surface area contributed by atoms with Gasteiger partial charge in [-0.05, 0) is 51.5 Å². The predicted molar refractivity (Wildman–Crippen MR) is 107 cm³/mol. The fraction of sp³-hybridized carbons (Fsp3) is 0.474. The molecule has 3 rings (SSSR count). The molecule has 1 fully saturated rings. The van der Waals surface area contributed by atoms with E-state index in [2.05, 4.69) is 74.8 Å². The first-order valence-electron chi connectivity index (χ1n) is 8.86. The maximum atomic E-state index is 4.70. The Morgan fingerprint density at radius 1 is 1.16 bits per heavy atom. The van der Waals surface area contributed by atoms with Gasteiger partial charge in [-0.25, -0.2) is 4.98 Å². The van der Waals surface area contributed by atoms with E-state index in [9.17, 15) is 0 Å². The van der Waals surface area contributed by atoms with Crippen molar-refractivity contribution in [3.8, 4) is 0 Å². The van der Waals surface area contributed by atoms with E-state index in [4.69, 9.17) is 4.98 Å². The predicted octanol–water partition coefficient (Wildman–Crippen LogP) is 4.09. The Bertz CT molecular complexity index is 700. The van der Waals surface area contributed by atoms with Gasteiger partial charge in [-0.3, -0.25) is 0 Å². The van der Waals surface area contributed by atoms with Gasteiger partial charge in [-0.2, -0.15) is 4.98 Å². The molecule has 0 atom stereocenters. The van der Waals surface area contributed by atoms with Crippen LogP contribution in [0.25, 0.3) is 0 Å². The highest BCUT2D eigenvalue weighted by Crippen LogP contribution is 2.39. The highest BCUT2D eigenvalue weighted by atomic mass is 79.9. The molecule has 6 heteroatoms. The minimum Gasteiger partial charge on any atom is -0.366 e. The molecule has 1 aliphatic rings. The van der Waals surface area contributed by atoms with Crippen LogP contribution in [0.15, 0.2) is 34.8 Å². The fourth-order valence-electron chi connectivity index (χ4n) is 2.65. The van der Waals surface area contributed by atoms with E-state index >= 15 is 0 Å². The first-order valence-corrected chi connectivity index (χ1v) is 9.66. The molecule has 1 aromatic carbocycles. The van der Waals surface area contributed by atoms with Crippen LogP contribution in [0, 0.1) is 0 Å². The van der Waals surface area contributed by atoms with Crippen molar-refractivity contribution in [2.75, 3.05) is 37.8 Å². The molecule has 5 nitrogen and oxygen atoms in total. The summed E-state index contributed by atoms with van der Waals surface area (Å²) in [6, 6.07) is 10.3. The van der Waals surface area contributed by atoms with Gasteiger partial charge in [-0.1, -0.05) is 34.1 Å². The van der Waals surface area contributed by atoms with Crippen molar-refractivity contribution in [1.82, 2.24) is 14.9 Å². The van der Waals surface area contributed by atoms with Crippen LogP contribution in [0.4, 0.5) is 11.8 Å². The number of aromatic nitrogens is 2. The van der Waals surface area contributed by atoms with E-state index in [0.717, 1.165) is 48.0 Å². The zero-order valence-electron chi connectivity index (χ0n) is 14.9. The lowest BCUT2D eigenvalue weighted by atomic mass is 10.2. The SMILES string of the molecule is CN(C)CCCNc1nc(NCc2ccccc2Br)cc(C2CC2)n1. The summed E-state index contributed by atoms with van der Waals surface area (Å²) in [6.45, 7) is 2.68. The monoisotopic (exact) mass is 403 g/mol. The lowest BCUT2D eigenvalue weighted by Crippen LogP contribution is -2.17. The highest BCUT2D eigenvalue weighted by molar-refractivity contribution is 9.10. The summed E-state index contributed by atoms with van der Waals surface area (Å²) in [5.41, 5.74) is 2.37. The smallest absolute Gasteiger partial charge is 0.224 e. The molecule has 134 valence electrons. The summed E-state index contributed by atoms with van der Waals surface area (Å²) in [5.74, 6) is 2.23. The van der Waals surface area contributed by atoms with Gasteiger partial charge in [0, 0.05) is 29.5 Å². The second-order valence-electron chi connectivity index (χ2n) is 6.80. The topological polar surface area (TPSA) is 53.1 Å². The normalized spacial score (nSPS) is 13.9. The molecule has 0 bridgehead atoms. The summed E-state index contributed by atoms with van der Waals surface area (Å²) in [7, 11) is 4.18. The van der Waals surface area contributed by atoms with Crippen LogP contribution < -0.4 is 10.6 Å². The fourth-order valence-corrected chi connectivity index (χ4v) is 3.07. The Labute approximate surface area is 158 Å². The van der Waals surface area contributed by atoms with Crippen LogP contribution in [0.5, 0.6) is 0 Å². The summed E-state index contributed by atoms with van der Waals surface area (Å²) in [6.07, 6.45) is 3.55. The summed E-state index contributed by atoms with van der Waals surface area (Å²) in [5, 5.41) is 6.82. The third-order valence-corrected chi connectivity index (χ3v) is 5.00. The van der Waals surface area contributed by atoms with Gasteiger partial charge in [0.15, 0.2) is 0 Å². The molecule has 2 N–H and O–H groups in total. The minimum atomic E-state index is 0.606. The second-order valence-corrected chi connectivity index (χ2v) is 7.66. The number of hydrogen-bond donors (Lipinski definition) is 2. The Morgan fingerprint density at radius 3 is 2.68 bits per heavy atom. The van der Waals surface area contributed by atoms with Crippen molar-refractivity contribution < 1.29 is 0 Å². The van der Waals surface area contributed by atoms with Crippen molar-refractivity contribution in [2.45, 2.75) is 31.7 Å². The molecule has 1 aliphatic carbocycles. The highest BCUT2D eigenvalue weighted by Gasteiger charge is 2.26. The third-order valence-electron chi connectivity index (χ3n) is 4.22. The van der Waals surface area contributed by atoms with Crippen molar-refractivity contribution in [3.05, 3.63) is 46.1 Å². The number of halogens is 1. The molecular formula is C19H26BrN5.